The predicted molar refractivity (Wildman–Crippen MR) is 54.0 cm³/mol. The molecule has 3 rings (SSSR count). The van der Waals surface area contributed by atoms with Gasteiger partial charge >= 0.3 is 0 Å². The summed E-state index contributed by atoms with van der Waals surface area (Å²) in [5.41, 5.74) is 3.80. The normalized spacial score (nSPS) is 36.0. The van der Waals surface area contributed by atoms with Gasteiger partial charge in [0.05, 0.1) is 0 Å². The number of allylic oxidation sites excluding steroid dienone is 2. The van der Waals surface area contributed by atoms with Crippen LogP contribution in [0.5, 0.6) is 0 Å². The average Bonchev–Trinajstić information content (AvgIpc) is 2.60. The van der Waals surface area contributed by atoms with Crippen LogP contribution >= 0.6 is 12.4 Å². The van der Waals surface area contributed by atoms with Gasteiger partial charge in [-0.3, -0.25) is 0 Å². The second kappa shape index (κ2) is 3.39. The lowest BCUT2D eigenvalue weighted by Crippen LogP contribution is -2.06. The van der Waals surface area contributed by atoms with Crippen molar-refractivity contribution in [2.75, 3.05) is 0 Å². The molecule has 0 aromatic carbocycles. The van der Waals surface area contributed by atoms with Gasteiger partial charge in [0.25, 0.3) is 0 Å². The molecule has 0 radical (unpaired) electrons. The molecule has 12 heavy (non-hydrogen) atoms. The minimum absolute atomic E-state index is 0. The highest BCUT2D eigenvalue weighted by molar-refractivity contribution is 5.85. The molecule has 0 aromatic heterocycles. The number of hydrogen-bond donors (Lipinski definition) is 1. The van der Waals surface area contributed by atoms with Crippen LogP contribution in [0.3, 0.4) is 0 Å². The second-order valence-corrected chi connectivity index (χ2v) is 4.13. The Morgan fingerprint density at radius 3 is 2.67 bits per heavy atom. The fourth-order valence-corrected chi connectivity index (χ4v) is 3.35. The minimum Gasteiger partial charge on any atom is -0.344 e. The molecule has 2 fully saturated rings. The molecule has 0 spiro atoms. The standard InChI is InChI=1S/C10H14.ClH.H3N/c1-2-9-7-4-5-8(6-7)10(9)3-1;;/h7,9H,1-6H2;1H;1H3. The maximum Gasteiger partial charge on any atom is -0.0169 e. The number of fused-ring (bicyclic) bond motifs is 4. The summed E-state index contributed by atoms with van der Waals surface area (Å²) in [5, 5.41) is 0. The monoisotopic (exact) mass is 187 g/mol. The molecule has 0 saturated heterocycles. The lowest BCUT2D eigenvalue weighted by molar-refractivity contribution is 0.411. The summed E-state index contributed by atoms with van der Waals surface area (Å²) in [7, 11) is 0. The van der Waals surface area contributed by atoms with Gasteiger partial charge in [0.15, 0.2) is 0 Å². The summed E-state index contributed by atoms with van der Waals surface area (Å²) in [4.78, 5) is 0. The molecule has 0 aliphatic heterocycles. The summed E-state index contributed by atoms with van der Waals surface area (Å²) in [6.45, 7) is 0. The Bertz CT molecular complexity index is 210. The first-order valence-corrected chi connectivity index (χ1v) is 4.66. The largest absolute Gasteiger partial charge is 0.344 e. The Labute approximate surface area is 80.6 Å². The van der Waals surface area contributed by atoms with Gasteiger partial charge in [0, 0.05) is 0 Å². The van der Waals surface area contributed by atoms with Gasteiger partial charge in [-0.2, -0.15) is 0 Å². The summed E-state index contributed by atoms with van der Waals surface area (Å²) < 4.78 is 0. The molecule has 0 heterocycles. The van der Waals surface area contributed by atoms with Gasteiger partial charge in [0.2, 0.25) is 0 Å². The quantitative estimate of drug-likeness (QED) is 0.579. The van der Waals surface area contributed by atoms with Crippen molar-refractivity contribution in [3.05, 3.63) is 11.1 Å². The highest BCUT2D eigenvalue weighted by Crippen LogP contribution is 2.54. The van der Waals surface area contributed by atoms with E-state index in [1.165, 1.54) is 38.5 Å². The van der Waals surface area contributed by atoms with E-state index in [-0.39, 0.29) is 18.6 Å². The number of halogens is 1. The van der Waals surface area contributed by atoms with E-state index in [1.54, 1.807) is 0 Å². The first-order chi connectivity index (χ1) is 4.95. The van der Waals surface area contributed by atoms with Crippen LogP contribution in [0.2, 0.25) is 0 Å². The van der Waals surface area contributed by atoms with Crippen molar-refractivity contribution >= 4 is 12.4 Å². The van der Waals surface area contributed by atoms with Crippen LogP contribution in [0.25, 0.3) is 0 Å². The molecule has 3 N–H and O–H groups in total. The van der Waals surface area contributed by atoms with Gasteiger partial charge in [-0.1, -0.05) is 11.1 Å². The molecule has 0 aromatic rings. The van der Waals surface area contributed by atoms with E-state index < -0.39 is 0 Å². The minimum atomic E-state index is 0. The highest BCUT2D eigenvalue weighted by atomic mass is 35.5. The van der Waals surface area contributed by atoms with Crippen LogP contribution in [0.15, 0.2) is 11.1 Å². The molecular formula is C10H18ClN. The van der Waals surface area contributed by atoms with E-state index >= 15 is 0 Å². The molecule has 2 heteroatoms. The van der Waals surface area contributed by atoms with Crippen molar-refractivity contribution in [1.29, 1.82) is 0 Å². The molecule has 2 atom stereocenters. The Balaban J connectivity index is 0.000000360. The van der Waals surface area contributed by atoms with E-state index in [1.807, 2.05) is 11.1 Å². The molecule has 3 aliphatic rings. The van der Waals surface area contributed by atoms with Crippen molar-refractivity contribution < 1.29 is 0 Å². The Kier molecular flexibility index (Phi) is 2.84. The third-order valence-electron chi connectivity index (χ3n) is 3.76. The van der Waals surface area contributed by atoms with Crippen molar-refractivity contribution in [3.8, 4) is 0 Å². The Hall–Kier alpha value is -0.0100. The molecule has 0 amide bonds. The zero-order valence-electron chi connectivity index (χ0n) is 7.51. The topological polar surface area (TPSA) is 35.0 Å². The number of hydrogen-bond acceptors (Lipinski definition) is 1. The summed E-state index contributed by atoms with van der Waals surface area (Å²) in [6.07, 6.45) is 9.00. The van der Waals surface area contributed by atoms with Crippen LogP contribution in [-0.2, 0) is 0 Å². The van der Waals surface area contributed by atoms with Gasteiger partial charge < -0.3 is 6.15 Å². The molecule has 3 aliphatic carbocycles. The number of rotatable bonds is 0. The summed E-state index contributed by atoms with van der Waals surface area (Å²) >= 11 is 0. The van der Waals surface area contributed by atoms with Crippen molar-refractivity contribution in [2.45, 2.75) is 38.5 Å². The zero-order valence-corrected chi connectivity index (χ0v) is 8.33. The third-order valence-corrected chi connectivity index (χ3v) is 3.76. The third kappa shape index (κ3) is 1.11. The maximum atomic E-state index is 1.91. The molecule has 70 valence electrons. The van der Waals surface area contributed by atoms with E-state index in [0.29, 0.717) is 0 Å². The molecule has 2 unspecified atom stereocenters. The summed E-state index contributed by atoms with van der Waals surface area (Å²) in [6, 6.07) is 0. The lowest BCUT2D eigenvalue weighted by atomic mass is 9.89. The van der Waals surface area contributed by atoms with Gasteiger partial charge in [-0.25, -0.2) is 0 Å². The first-order valence-electron chi connectivity index (χ1n) is 4.66. The van der Waals surface area contributed by atoms with Crippen molar-refractivity contribution in [1.82, 2.24) is 6.15 Å². The fourth-order valence-electron chi connectivity index (χ4n) is 3.35. The summed E-state index contributed by atoms with van der Waals surface area (Å²) in [5.74, 6) is 2.20. The lowest BCUT2D eigenvalue weighted by Gasteiger charge is -2.16. The Morgan fingerprint density at radius 2 is 1.92 bits per heavy atom. The molecule has 1 nitrogen and oxygen atoms in total. The fraction of sp³-hybridized carbons (Fsp3) is 0.800. The Morgan fingerprint density at radius 1 is 1.08 bits per heavy atom. The van der Waals surface area contributed by atoms with E-state index in [0.717, 1.165) is 11.8 Å². The maximum absolute atomic E-state index is 1.91. The van der Waals surface area contributed by atoms with Gasteiger partial charge in [-0.15, -0.1) is 12.4 Å². The van der Waals surface area contributed by atoms with Crippen LogP contribution in [0.4, 0.5) is 0 Å². The zero-order chi connectivity index (χ0) is 6.55. The van der Waals surface area contributed by atoms with Gasteiger partial charge in [0.1, 0.15) is 0 Å². The molecular weight excluding hydrogens is 170 g/mol. The second-order valence-electron chi connectivity index (χ2n) is 4.13. The molecule has 2 saturated carbocycles. The van der Waals surface area contributed by atoms with Crippen LogP contribution < -0.4 is 6.15 Å². The van der Waals surface area contributed by atoms with Crippen LogP contribution in [0.1, 0.15) is 38.5 Å². The molecule has 2 bridgehead atoms. The van der Waals surface area contributed by atoms with E-state index in [9.17, 15) is 0 Å². The van der Waals surface area contributed by atoms with E-state index in [2.05, 4.69) is 0 Å². The van der Waals surface area contributed by atoms with Gasteiger partial charge in [-0.05, 0) is 50.4 Å². The highest BCUT2D eigenvalue weighted by Gasteiger charge is 2.40. The smallest absolute Gasteiger partial charge is 0.0169 e. The SMILES string of the molecule is C1CC2=C3CCC(C3)C2C1.Cl.N. The van der Waals surface area contributed by atoms with Crippen LogP contribution in [0, 0.1) is 11.8 Å². The van der Waals surface area contributed by atoms with Crippen molar-refractivity contribution in [2.24, 2.45) is 11.8 Å². The predicted octanol–water partition coefficient (Wildman–Crippen LogP) is 3.48. The van der Waals surface area contributed by atoms with Crippen LogP contribution in [-0.4, -0.2) is 0 Å². The average molecular weight is 188 g/mol. The van der Waals surface area contributed by atoms with E-state index in [4.69, 9.17) is 0 Å². The van der Waals surface area contributed by atoms with Crippen molar-refractivity contribution in [3.63, 3.8) is 0 Å². The first kappa shape index (κ1) is 10.1.